The highest BCUT2D eigenvalue weighted by atomic mass is 28.3. The molecular weight excluding hydrogens is 829 g/mol. The monoisotopic (exact) mass is 893 g/mol. The van der Waals surface area contributed by atoms with E-state index in [1.54, 1.807) is 13.8 Å². The third kappa shape index (κ3) is 8.56. The van der Waals surface area contributed by atoms with Crippen molar-refractivity contribution >= 4 is 63.1 Å². The Morgan fingerprint density at radius 2 is 1.29 bits per heavy atom. The summed E-state index contributed by atoms with van der Waals surface area (Å²) in [5.41, 5.74) is 14.3. The lowest BCUT2D eigenvalue weighted by Gasteiger charge is -2.34. The third-order valence-corrected chi connectivity index (χ3v) is 17.8. The molecule has 4 N–H and O–H groups in total. The van der Waals surface area contributed by atoms with Crippen LogP contribution in [0.4, 0.5) is 5.69 Å². The van der Waals surface area contributed by atoms with E-state index in [-0.39, 0.29) is 11.8 Å². The van der Waals surface area contributed by atoms with Crippen LogP contribution in [-0.4, -0.2) is 73.3 Å². The van der Waals surface area contributed by atoms with Gasteiger partial charge in [-0.3, -0.25) is 9.59 Å². The van der Waals surface area contributed by atoms with Gasteiger partial charge in [0.1, 0.15) is 21.7 Å². The van der Waals surface area contributed by atoms with E-state index >= 15 is 0 Å². The number of hydrogen-bond donors (Lipinski definition) is 4. The third-order valence-electron chi connectivity index (χ3n) is 14.3. The number of rotatable bonds is 16. The number of anilines is 1. The number of carbonyl (C=O) groups is 2. The summed E-state index contributed by atoms with van der Waals surface area (Å²) in [6.07, 6.45) is 3.79. The van der Waals surface area contributed by atoms with Gasteiger partial charge in [-0.15, -0.1) is 0 Å². The average Bonchev–Trinajstić information content (AvgIpc) is 3.87. The number of nitrogens with one attached hydrogen (secondary N) is 4. The van der Waals surface area contributed by atoms with Gasteiger partial charge >= 0.3 is 0 Å². The largest absolute Gasteiger partial charge is 0.374 e. The van der Waals surface area contributed by atoms with E-state index < -0.39 is 8.07 Å². The lowest BCUT2D eigenvalue weighted by atomic mass is 9.88. The van der Waals surface area contributed by atoms with Crippen molar-refractivity contribution in [2.24, 2.45) is 0 Å². The van der Waals surface area contributed by atoms with Crippen LogP contribution < -0.4 is 51.7 Å². The van der Waals surface area contributed by atoms with Gasteiger partial charge < -0.3 is 26.2 Å². The first-order valence-corrected chi connectivity index (χ1v) is 26.8. The Morgan fingerprint density at radius 3 is 1.95 bits per heavy atom. The van der Waals surface area contributed by atoms with Gasteiger partial charge in [-0.25, -0.2) is 4.58 Å². The number of likely N-dealkylation sites (N-methyl/N-ethyl adjacent to an activating group) is 2. The van der Waals surface area contributed by atoms with Crippen LogP contribution >= 0.6 is 0 Å². The normalized spacial score (nSPS) is 14.5. The fourth-order valence-corrected chi connectivity index (χ4v) is 13.6. The lowest BCUT2D eigenvalue weighted by molar-refractivity contribution is -0.118. The van der Waals surface area contributed by atoms with Gasteiger partial charge in [0.2, 0.25) is 17.2 Å². The smallest absolute Gasteiger partial charge is 0.246 e. The van der Waals surface area contributed by atoms with Crippen LogP contribution in [0.5, 0.6) is 0 Å². The second kappa shape index (κ2) is 18.6. The highest BCUT2D eigenvalue weighted by Crippen LogP contribution is 2.38. The first-order valence-electron chi connectivity index (χ1n) is 23.8. The van der Waals surface area contributed by atoms with Crippen molar-refractivity contribution in [1.29, 1.82) is 0 Å². The van der Waals surface area contributed by atoms with Crippen LogP contribution in [0.15, 0.2) is 115 Å². The summed E-state index contributed by atoms with van der Waals surface area (Å²) in [7, 11) is 2.42. The zero-order chi connectivity index (χ0) is 46.3. The minimum atomic E-state index is -2.07. The zero-order valence-corrected chi connectivity index (χ0v) is 40.8. The van der Waals surface area contributed by atoms with Crippen LogP contribution in [-0.2, 0) is 35.5 Å². The maximum atomic E-state index is 12.1. The topological polar surface area (TPSA) is 88.5 Å². The van der Waals surface area contributed by atoms with Crippen LogP contribution in [0.3, 0.4) is 0 Å². The van der Waals surface area contributed by atoms with Gasteiger partial charge in [0.25, 0.3) is 0 Å². The van der Waals surface area contributed by atoms with Gasteiger partial charge in [-0.2, -0.15) is 0 Å². The molecule has 3 heterocycles. The fourth-order valence-electron chi connectivity index (χ4n) is 10.6. The Kier molecular flexibility index (Phi) is 12.7. The molecule has 0 fully saturated rings. The Morgan fingerprint density at radius 1 is 0.667 bits per heavy atom. The molecule has 66 heavy (non-hydrogen) atoms. The molecule has 3 aliphatic heterocycles. The SMILES string of the molecule is C=C(C)C(=O)NCCCNCc1c2ccccc2c(CNCCCNC(=O)C(=C)C)c2cc(-c3cccc(C4=c5cc6c(cc5[Si](C)(C)c5cc7c(cc54)CCN7C)=[N+](C)CC6)c3)ccc12. The molecule has 0 aliphatic carbocycles. The van der Waals surface area contributed by atoms with Crippen LogP contribution in [0.2, 0.25) is 13.1 Å². The van der Waals surface area contributed by atoms with E-state index in [1.165, 1.54) is 98.3 Å². The van der Waals surface area contributed by atoms with E-state index in [1.807, 2.05) is 0 Å². The summed E-state index contributed by atoms with van der Waals surface area (Å²) in [6, 6.07) is 35.4. The lowest BCUT2D eigenvalue weighted by Crippen LogP contribution is -2.63. The van der Waals surface area contributed by atoms with Crippen molar-refractivity contribution in [1.82, 2.24) is 25.8 Å². The van der Waals surface area contributed by atoms with Gasteiger partial charge in [-0.05, 0) is 158 Å². The second-order valence-corrected chi connectivity index (χ2v) is 23.7. The van der Waals surface area contributed by atoms with Crippen molar-refractivity contribution < 1.29 is 9.59 Å². The standard InChI is InChI=1S/C57H64N6O2Si/c1-36(2)56(64)60-24-12-22-58-34-49-43-16-9-10-17-44(43)50(35-59-23-13-25-61-57(65)37(3)4)46-29-39(18-19-45(46)49)38-14-11-15-42(28-38)55-47-30-40-20-26-62(5)51(40)32-53(47)66(7,8)54-33-52-41(31-48(54)55)21-27-63(52)6/h9-11,14-19,28-33,58-59H,1,3,12-13,20-27,34-35H2,2,4-8H3,(H-,60,61,64,65)/p+1. The molecule has 9 rings (SSSR count). The molecule has 9 heteroatoms. The summed E-state index contributed by atoms with van der Waals surface area (Å²) in [4.78, 5) is 26.7. The molecule has 0 atom stereocenters. The van der Waals surface area contributed by atoms with E-state index in [9.17, 15) is 9.59 Å². The van der Waals surface area contributed by atoms with Gasteiger partial charge in [-0.1, -0.05) is 80.8 Å². The average molecular weight is 894 g/mol. The number of benzene rings is 6. The minimum Gasteiger partial charge on any atom is -0.374 e. The van der Waals surface area contributed by atoms with E-state index in [0.29, 0.717) is 37.3 Å². The molecule has 3 aliphatic rings. The molecule has 0 radical (unpaired) electrons. The molecule has 0 aromatic heterocycles. The van der Waals surface area contributed by atoms with Crippen LogP contribution in [0, 0.1) is 0 Å². The van der Waals surface area contributed by atoms with E-state index in [4.69, 9.17) is 0 Å². The maximum Gasteiger partial charge on any atom is 0.246 e. The number of fused-ring (bicyclic) bond motifs is 6. The Balaban J connectivity index is 1.13. The molecule has 338 valence electrons. The molecule has 6 aromatic rings. The van der Waals surface area contributed by atoms with Crippen molar-refractivity contribution in [3.8, 4) is 11.1 Å². The summed E-state index contributed by atoms with van der Waals surface area (Å²) in [5.74, 6) is -0.197. The van der Waals surface area contributed by atoms with E-state index in [0.717, 1.165) is 51.9 Å². The minimum absolute atomic E-state index is 0.0980. The highest BCUT2D eigenvalue weighted by Gasteiger charge is 2.38. The summed E-state index contributed by atoms with van der Waals surface area (Å²) in [6.45, 7) is 22.4. The number of amides is 2. The molecule has 2 amide bonds. The molecule has 0 saturated heterocycles. The van der Waals surface area contributed by atoms with Crippen molar-refractivity contribution in [2.75, 3.05) is 58.3 Å². The summed E-state index contributed by atoms with van der Waals surface area (Å²) < 4.78 is 2.44. The highest BCUT2D eigenvalue weighted by molar-refractivity contribution is 7.01. The second-order valence-electron chi connectivity index (χ2n) is 19.4. The number of carbonyl (C=O) groups excluding carboxylic acids is 2. The van der Waals surface area contributed by atoms with Crippen molar-refractivity contribution in [3.05, 3.63) is 159 Å². The van der Waals surface area contributed by atoms with Gasteiger partial charge in [0.15, 0.2) is 0 Å². The first kappa shape index (κ1) is 45.0. The van der Waals surface area contributed by atoms with Crippen LogP contribution in [0.25, 0.3) is 38.2 Å². The van der Waals surface area contributed by atoms with Gasteiger partial charge in [0, 0.05) is 74.7 Å². The summed E-state index contributed by atoms with van der Waals surface area (Å²) >= 11 is 0. The van der Waals surface area contributed by atoms with Crippen LogP contribution in [0.1, 0.15) is 60.1 Å². The van der Waals surface area contributed by atoms with Crippen molar-refractivity contribution in [2.45, 2.75) is 65.7 Å². The molecule has 0 unspecified atom stereocenters. The number of nitrogens with zero attached hydrogens (tertiary/aromatic N) is 2. The zero-order valence-electron chi connectivity index (χ0n) is 39.8. The van der Waals surface area contributed by atoms with E-state index in [2.05, 4.69) is 162 Å². The molecule has 0 saturated carbocycles. The predicted octanol–water partition coefficient (Wildman–Crippen LogP) is 6.06. The Bertz CT molecular complexity index is 3110. The quantitative estimate of drug-likeness (QED) is 0.0313. The Labute approximate surface area is 391 Å². The molecule has 6 aromatic carbocycles. The fraction of sp³-hybridized carbons (Fsp3) is 0.316. The maximum absolute atomic E-state index is 12.1. The molecule has 0 bridgehead atoms. The summed E-state index contributed by atoms with van der Waals surface area (Å²) in [5, 5.41) is 24.2. The molecular formula is C57H65N6O2Si+. The van der Waals surface area contributed by atoms with Crippen molar-refractivity contribution in [3.63, 3.8) is 0 Å². The predicted molar refractivity (Wildman–Crippen MR) is 278 cm³/mol. The molecule has 8 nitrogen and oxygen atoms in total. The Hall–Kier alpha value is -6.13. The first-order chi connectivity index (χ1) is 31.8. The van der Waals surface area contributed by atoms with Gasteiger partial charge in [0.05, 0.1) is 0 Å². The molecule has 0 spiro atoms. The number of hydrogen-bond acceptors (Lipinski definition) is 5.